The number of ether oxygens (including phenoxy) is 1. The highest BCUT2D eigenvalue weighted by molar-refractivity contribution is 6.42. The van der Waals surface area contributed by atoms with Gasteiger partial charge in [0.1, 0.15) is 5.75 Å². The Morgan fingerprint density at radius 3 is 2.48 bits per heavy atom. The zero-order valence-electron chi connectivity index (χ0n) is 12.0. The summed E-state index contributed by atoms with van der Waals surface area (Å²) in [4.78, 5) is 0. The Balaban J connectivity index is 2.24. The van der Waals surface area contributed by atoms with Crippen LogP contribution >= 0.6 is 34.8 Å². The van der Waals surface area contributed by atoms with Gasteiger partial charge in [-0.3, -0.25) is 0 Å². The fraction of sp³-hybridized carbons (Fsp3) is 0.294. The van der Waals surface area contributed by atoms with E-state index >= 15 is 0 Å². The summed E-state index contributed by atoms with van der Waals surface area (Å²) in [5.41, 5.74) is 3.21. The van der Waals surface area contributed by atoms with Gasteiger partial charge < -0.3 is 4.74 Å². The molecule has 0 aliphatic heterocycles. The van der Waals surface area contributed by atoms with Crippen molar-refractivity contribution in [3.8, 4) is 5.75 Å². The second-order valence-corrected chi connectivity index (χ2v) is 6.24. The van der Waals surface area contributed by atoms with Gasteiger partial charge in [0.2, 0.25) is 0 Å². The molecule has 1 unspecified atom stereocenters. The number of benzene rings is 2. The second-order valence-electron chi connectivity index (χ2n) is 4.89. The number of hydrogen-bond donors (Lipinski definition) is 0. The lowest BCUT2D eigenvalue weighted by molar-refractivity contribution is 0.336. The Labute approximate surface area is 140 Å². The molecule has 0 aliphatic carbocycles. The van der Waals surface area contributed by atoms with Crippen molar-refractivity contribution in [3.63, 3.8) is 0 Å². The Morgan fingerprint density at radius 2 is 1.81 bits per heavy atom. The molecule has 2 aromatic rings. The van der Waals surface area contributed by atoms with Crippen LogP contribution < -0.4 is 4.74 Å². The lowest BCUT2D eigenvalue weighted by Crippen LogP contribution is -2.02. The van der Waals surface area contributed by atoms with Gasteiger partial charge in [0, 0.05) is 5.56 Å². The van der Waals surface area contributed by atoms with Crippen LogP contribution in [0.15, 0.2) is 36.4 Å². The lowest BCUT2D eigenvalue weighted by Gasteiger charge is -2.16. The Morgan fingerprint density at radius 1 is 1.05 bits per heavy atom. The van der Waals surface area contributed by atoms with Crippen LogP contribution in [0.4, 0.5) is 0 Å². The molecule has 2 rings (SSSR count). The third-order valence-corrected chi connectivity index (χ3v) is 4.33. The van der Waals surface area contributed by atoms with Gasteiger partial charge in [-0.25, -0.2) is 0 Å². The summed E-state index contributed by atoms with van der Waals surface area (Å²) in [6, 6.07) is 11.7. The molecule has 1 atom stereocenters. The van der Waals surface area contributed by atoms with Crippen LogP contribution in [-0.4, -0.2) is 6.61 Å². The van der Waals surface area contributed by atoms with Gasteiger partial charge >= 0.3 is 0 Å². The molecule has 0 aromatic heterocycles. The molecular formula is C17H17Cl3O. The predicted molar refractivity (Wildman–Crippen MR) is 91.1 cm³/mol. The molecule has 112 valence electrons. The molecule has 2 aromatic carbocycles. The van der Waals surface area contributed by atoms with E-state index in [9.17, 15) is 0 Å². The standard InChI is InChI=1S/C17H17Cl3O/c1-3-21-17-7-4-11(2)8-13(17)15(19)9-12-5-6-14(18)16(20)10-12/h4-8,10,15H,3,9H2,1-2H3. The molecule has 21 heavy (non-hydrogen) atoms. The van der Waals surface area contributed by atoms with Crippen LogP contribution in [0.25, 0.3) is 0 Å². The predicted octanol–water partition coefficient (Wildman–Crippen LogP) is 6.22. The zero-order valence-corrected chi connectivity index (χ0v) is 14.3. The summed E-state index contributed by atoms with van der Waals surface area (Å²) >= 11 is 18.6. The van der Waals surface area contributed by atoms with Gasteiger partial charge in [0.05, 0.1) is 22.0 Å². The van der Waals surface area contributed by atoms with E-state index in [-0.39, 0.29) is 5.38 Å². The first kappa shape index (κ1) is 16.5. The molecule has 0 N–H and O–H groups in total. The van der Waals surface area contributed by atoms with Crippen molar-refractivity contribution in [1.29, 1.82) is 0 Å². The van der Waals surface area contributed by atoms with Crippen molar-refractivity contribution >= 4 is 34.8 Å². The number of hydrogen-bond acceptors (Lipinski definition) is 1. The molecule has 0 heterocycles. The van der Waals surface area contributed by atoms with Gasteiger partial charge in [-0.2, -0.15) is 0 Å². The van der Waals surface area contributed by atoms with Crippen molar-refractivity contribution in [2.75, 3.05) is 6.61 Å². The maximum Gasteiger partial charge on any atom is 0.123 e. The third kappa shape index (κ3) is 4.29. The first-order valence-corrected chi connectivity index (χ1v) is 8.01. The maximum absolute atomic E-state index is 6.59. The van der Waals surface area contributed by atoms with E-state index in [1.54, 1.807) is 6.07 Å². The number of alkyl halides is 1. The van der Waals surface area contributed by atoms with Gasteiger partial charge in [-0.05, 0) is 44.0 Å². The second kappa shape index (κ2) is 7.40. The highest BCUT2D eigenvalue weighted by Crippen LogP contribution is 2.34. The van der Waals surface area contributed by atoms with Crippen LogP contribution in [0.1, 0.15) is 29.0 Å². The number of aryl methyl sites for hydroxylation is 1. The molecule has 4 heteroatoms. The average molecular weight is 344 g/mol. The minimum atomic E-state index is -0.177. The third-order valence-electron chi connectivity index (χ3n) is 3.20. The minimum Gasteiger partial charge on any atom is -0.494 e. The fourth-order valence-corrected chi connectivity index (χ4v) is 2.85. The smallest absolute Gasteiger partial charge is 0.123 e. The molecule has 0 aliphatic rings. The summed E-state index contributed by atoms with van der Waals surface area (Å²) in [6.45, 7) is 4.63. The van der Waals surface area contributed by atoms with Crippen LogP contribution in [0.5, 0.6) is 5.75 Å². The maximum atomic E-state index is 6.59. The molecular weight excluding hydrogens is 327 g/mol. The number of rotatable bonds is 5. The fourth-order valence-electron chi connectivity index (χ4n) is 2.18. The zero-order chi connectivity index (χ0) is 15.4. The normalized spacial score (nSPS) is 12.2. The van der Waals surface area contributed by atoms with Gasteiger partial charge in [0.15, 0.2) is 0 Å². The van der Waals surface area contributed by atoms with Crippen molar-refractivity contribution in [3.05, 3.63) is 63.1 Å². The van der Waals surface area contributed by atoms with Crippen molar-refractivity contribution in [2.24, 2.45) is 0 Å². The molecule has 0 amide bonds. The number of halogens is 3. The summed E-state index contributed by atoms with van der Waals surface area (Å²) in [5, 5.41) is 0.924. The van der Waals surface area contributed by atoms with E-state index in [4.69, 9.17) is 39.5 Å². The summed E-state index contributed by atoms with van der Waals surface area (Å²) in [6.07, 6.45) is 0.669. The Hall–Kier alpha value is -0.890. The average Bonchev–Trinajstić information content (AvgIpc) is 2.45. The lowest BCUT2D eigenvalue weighted by atomic mass is 10.0. The van der Waals surface area contributed by atoms with E-state index < -0.39 is 0 Å². The first-order valence-electron chi connectivity index (χ1n) is 6.82. The molecule has 0 spiro atoms. The van der Waals surface area contributed by atoms with Crippen molar-refractivity contribution in [1.82, 2.24) is 0 Å². The van der Waals surface area contributed by atoms with Crippen LogP contribution in [0, 0.1) is 6.92 Å². The molecule has 0 radical (unpaired) electrons. The molecule has 0 fully saturated rings. The Kier molecular flexibility index (Phi) is 5.80. The monoisotopic (exact) mass is 342 g/mol. The van der Waals surface area contributed by atoms with E-state index in [1.807, 2.05) is 38.1 Å². The molecule has 1 nitrogen and oxygen atoms in total. The quantitative estimate of drug-likeness (QED) is 0.585. The van der Waals surface area contributed by atoms with E-state index in [0.717, 1.165) is 22.4 Å². The summed E-state index contributed by atoms with van der Waals surface area (Å²) < 4.78 is 5.66. The summed E-state index contributed by atoms with van der Waals surface area (Å²) in [7, 11) is 0. The summed E-state index contributed by atoms with van der Waals surface area (Å²) in [5.74, 6) is 0.836. The first-order chi connectivity index (χ1) is 10.0. The highest BCUT2D eigenvalue weighted by atomic mass is 35.5. The molecule has 0 bridgehead atoms. The van der Waals surface area contributed by atoms with E-state index in [0.29, 0.717) is 23.1 Å². The largest absolute Gasteiger partial charge is 0.494 e. The topological polar surface area (TPSA) is 9.23 Å². The van der Waals surface area contributed by atoms with E-state index in [2.05, 4.69) is 6.07 Å². The van der Waals surface area contributed by atoms with Gasteiger partial charge in [0.25, 0.3) is 0 Å². The van der Waals surface area contributed by atoms with Gasteiger partial charge in [-0.1, -0.05) is 47.0 Å². The highest BCUT2D eigenvalue weighted by Gasteiger charge is 2.15. The van der Waals surface area contributed by atoms with Crippen molar-refractivity contribution < 1.29 is 4.74 Å². The molecule has 0 saturated carbocycles. The van der Waals surface area contributed by atoms with Crippen LogP contribution in [-0.2, 0) is 6.42 Å². The SMILES string of the molecule is CCOc1ccc(C)cc1C(Cl)Cc1ccc(Cl)c(Cl)c1. The van der Waals surface area contributed by atoms with Crippen LogP contribution in [0.2, 0.25) is 10.0 Å². The molecule has 0 saturated heterocycles. The Bertz CT molecular complexity index is 625. The van der Waals surface area contributed by atoms with Gasteiger partial charge in [-0.15, -0.1) is 11.6 Å². The van der Waals surface area contributed by atoms with Crippen molar-refractivity contribution in [2.45, 2.75) is 25.6 Å². The van der Waals surface area contributed by atoms with E-state index in [1.165, 1.54) is 0 Å². The minimum absolute atomic E-state index is 0.177. The van der Waals surface area contributed by atoms with Crippen LogP contribution in [0.3, 0.4) is 0 Å².